The van der Waals surface area contributed by atoms with Crippen LogP contribution in [0.15, 0.2) is 18.2 Å². The number of para-hydroxylation sites is 1. The van der Waals surface area contributed by atoms with Crippen molar-refractivity contribution in [2.45, 2.75) is 20.0 Å². The third-order valence-electron chi connectivity index (χ3n) is 3.24. The molecule has 2 heterocycles. The summed E-state index contributed by atoms with van der Waals surface area (Å²) >= 11 is 0. The topological polar surface area (TPSA) is 57.4 Å². The van der Waals surface area contributed by atoms with Crippen molar-refractivity contribution in [3.63, 3.8) is 0 Å². The number of aromatic nitrogens is 1. The number of benzene rings is 1. The standard InChI is InChI=1S/C14H16N2O2/c1-2-18-12-5-3-4-9-13(15)10-8-17-7-6-11(10)16-14(9)12/h3-5H,2,6-8H2,1H3,(H2,15,16). The SMILES string of the molecule is CCOc1cccc2c(N)c3c(nc12)CCOC3. The largest absolute Gasteiger partial charge is 0.492 e. The van der Waals surface area contributed by atoms with Crippen molar-refractivity contribution in [1.29, 1.82) is 0 Å². The van der Waals surface area contributed by atoms with E-state index in [1.807, 2.05) is 25.1 Å². The van der Waals surface area contributed by atoms with Crippen LogP contribution in [0, 0.1) is 0 Å². The molecule has 0 bridgehead atoms. The number of hydrogen-bond donors (Lipinski definition) is 1. The second-order valence-corrected chi connectivity index (χ2v) is 4.34. The van der Waals surface area contributed by atoms with Crippen LogP contribution in [0.4, 0.5) is 5.69 Å². The van der Waals surface area contributed by atoms with Crippen molar-refractivity contribution in [2.75, 3.05) is 18.9 Å². The first-order valence-electron chi connectivity index (χ1n) is 6.21. The molecule has 1 aromatic carbocycles. The van der Waals surface area contributed by atoms with Crippen LogP contribution in [0.2, 0.25) is 0 Å². The molecule has 0 fully saturated rings. The third-order valence-corrected chi connectivity index (χ3v) is 3.24. The highest BCUT2D eigenvalue weighted by molar-refractivity contribution is 5.95. The summed E-state index contributed by atoms with van der Waals surface area (Å²) in [6.07, 6.45) is 0.815. The second-order valence-electron chi connectivity index (χ2n) is 4.34. The number of rotatable bonds is 2. The predicted octanol–water partition coefficient (Wildman–Crippen LogP) is 2.29. The van der Waals surface area contributed by atoms with Gasteiger partial charge in [0.15, 0.2) is 0 Å². The first kappa shape index (κ1) is 11.3. The Balaban J connectivity index is 2.27. The van der Waals surface area contributed by atoms with Gasteiger partial charge in [-0.05, 0) is 13.0 Å². The van der Waals surface area contributed by atoms with Gasteiger partial charge in [0.05, 0.1) is 25.5 Å². The van der Waals surface area contributed by atoms with E-state index < -0.39 is 0 Å². The monoisotopic (exact) mass is 244 g/mol. The van der Waals surface area contributed by atoms with Crippen LogP contribution in [0.3, 0.4) is 0 Å². The van der Waals surface area contributed by atoms with E-state index >= 15 is 0 Å². The van der Waals surface area contributed by atoms with Crippen LogP contribution in [-0.4, -0.2) is 18.2 Å². The lowest BCUT2D eigenvalue weighted by Gasteiger charge is -2.19. The summed E-state index contributed by atoms with van der Waals surface area (Å²) in [6, 6.07) is 5.86. The van der Waals surface area contributed by atoms with Gasteiger partial charge in [-0.2, -0.15) is 0 Å². The number of pyridine rings is 1. The average molecular weight is 244 g/mol. The van der Waals surface area contributed by atoms with Gasteiger partial charge in [0.25, 0.3) is 0 Å². The highest BCUT2D eigenvalue weighted by Crippen LogP contribution is 2.33. The van der Waals surface area contributed by atoms with Crippen molar-refractivity contribution < 1.29 is 9.47 Å². The van der Waals surface area contributed by atoms with E-state index in [-0.39, 0.29) is 0 Å². The van der Waals surface area contributed by atoms with Gasteiger partial charge in [-0.3, -0.25) is 0 Å². The van der Waals surface area contributed by atoms with E-state index in [1.165, 1.54) is 0 Å². The molecule has 0 aliphatic carbocycles. The van der Waals surface area contributed by atoms with Crippen LogP contribution >= 0.6 is 0 Å². The van der Waals surface area contributed by atoms with Gasteiger partial charge in [0, 0.05) is 23.1 Å². The Morgan fingerprint density at radius 1 is 1.44 bits per heavy atom. The first-order valence-corrected chi connectivity index (χ1v) is 6.21. The van der Waals surface area contributed by atoms with Gasteiger partial charge in [0.1, 0.15) is 11.3 Å². The minimum atomic E-state index is 0.559. The number of ether oxygens (including phenoxy) is 2. The zero-order chi connectivity index (χ0) is 12.5. The Labute approximate surface area is 106 Å². The molecule has 1 aliphatic heterocycles. The van der Waals surface area contributed by atoms with Crippen molar-refractivity contribution in [3.8, 4) is 5.75 Å². The molecule has 4 heteroatoms. The molecule has 0 amide bonds. The summed E-state index contributed by atoms with van der Waals surface area (Å²) in [5.41, 5.74) is 9.93. The molecule has 1 aliphatic rings. The fraction of sp³-hybridized carbons (Fsp3) is 0.357. The normalized spacial score (nSPS) is 14.5. The summed E-state index contributed by atoms with van der Waals surface area (Å²) in [4.78, 5) is 4.71. The molecule has 0 spiro atoms. The number of nitrogens with zero attached hydrogens (tertiary/aromatic N) is 1. The molecule has 0 radical (unpaired) electrons. The van der Waals surface area contributed by atoms with E-state index in [1.54, 1.807) is 0 Å². The second kappa shape index (κ2) is 4.46. The van der Waals surface area contributed by atoms with Crippen molar-refractivity contribution in [3.05, 3.63) is 29.5 Å². The molecule has 2 aromatic rings. The van der Waals surface area contributed by atoms with Crippen LogP contribution in [-0.2, 0) is 17.8 Å². The van der Waals surface area contributed by atoms with E-state index in [0.717, 1.165) is 40.0 Å². The Hall–Kier alpha value is -1.81. The summed E-state index contributed by atoms with van der Waals surface area (Å²) in [6.45, 7) is 3.86. The maximum Gasteiger partial charge on any atom is 0.145 e. The Bertz CT molecular complexity index is 596. The number of nitrogens with two attached hydrogens (primary N) is 1. The van der Waals surface area contributed by atoms with Gasteiger partial charge < -0.3 is 15.2 Å². The van der Waals surface area contributed by atoms with Gasteiger partial charge >= 0.3 is 0 Å². The Kier molecular flexibility index (Phi) is 2.80. The van der Waals surface area contributed by atoms with Crippen LogP contribution in [0.5, 0.6) is 5.75 Å². The zero-order valence-electron chi connectivity index (χ0n) is 10.4. The van der Waals surface area contributed by atoms with Gasteiger partial charge in [-0.25, -0.2) is 4.98 Å². The minimum absolute atomic E-state index is 0.559. The Morgan fingerprint density at radius 2 is 2.33 bits per heavy atom. The third kappa shape index (κ3) is 1.69. The molecular weight excluding hydrogens is 228 g/mol. The molecule has 94 valence electrons. The van der Waals surface area contributed by atoms with Crippen molar-refractivity contribution >= 4 is 16.6 Å². The summed E-state index contributed by atoms with van der Waals surface area (Å²) in [5, 5.41) is 0.949. The number of hydrogen-bond acceptors (Lipinski definition) is 4. The minimum Gasteiger partial charge on any atom is -0.492 e. The molecule has 0 saturated carbocycles. The summed E-state index contributed by atoms with van der Waals surface area (Å²) in [5.74, 6) is 0.802. The van der Waals surface area contributed by atoms with Crippen LogP contribution in [0.25, 0.3) is 10.9 Å². The zero-order valence-corrected chi connectivity index (χ0v) is 10.4. The fourth-order valence-electron chi connectivity index (χ4n) is 2.36. The lowest BCUT2D eigenvalue weighted by Crippen LogP contribution is -2.14. The molecule has 2 N–H and O–H groups in total. The lowest BCUT2D eigenvalue weighted by atomic mass is 10.0. The summed E-state index contributed by atoms with van der Waals surface area (Å²) < 4.78 is 11.1. The highest BCUT2D eigenvalue weighted by atomic mass is 16.5. The lowest BCUT2D eigenvalue weighted by molar-refractivity contribution is 0.110. The molecule has 0 saturated heterocycles. The number of fused-ring (bicyclic) bond motifs is 2. The van der Waals surface area contributed by atoms with Crippen molar-refractivity contribution in [2.24, 2.45) is 0 Å². The van der Waals surface area contributed by atoms with Gasteiger partial charge in [-0.1, -0.05) is 12.1 Å². The highest BCUT2D eigenvalue weighted by Gasteiger charge is 2.18. The van der Waals surface area contributed by atoms with E-state index in [9.17, 15) is 0 Å². The molecule has 4 nitrogen and oxygen atoms in total. The van der Waals surface area contributed by atoms with E-state index in [2.05, 4.69) is 0 Å². The molecule has 3 rings (SSSR count). The number of nitrogen functional groups attached to an aromatic ring is 1. The quantitative estimate of drug-likeness (QED) is 0.880. The van der Waals surface area contributed by atoms with E-state index in [4.69, 9.17) is 20.2 Å². The molecule has 0 atom stereocenters. The maximum atomic E-state index is 6.23. The number of anilines is 1. The molecule has 0 unspecified atom stereocenters. The first-order chi connectivity index (χ1) is 8.81. The smallest absolute Gasteiger partial charge is 0.145 e. The van der Waals surface area contributed by atoms with Crippen molar-refractivity contribution in [1.82, 2.24) is 4.98 Å². The van der Waals surface area contributed by atoms with Crippen LogP contribution in [0.1, 0.15) is 18.2 Å². The van der Waals surface area contributed by atoms with Gasteiger partial charge in [0.2, 0.25) is 0 Å². The molecule has 18 heavy (non-hydrogen) atoms. The van der Waals surface area contributed by atoms with E-state index in [0.29, 0.717) is 19.8 Å². The Morgan fingerprint density at radius 3 is 3.17 bits per heavy atom. The summed E-state index contributed by atoms with van der Waals surface area (Å²) in [7, 11) is 0. The van der Waals surface area contributed by atoms with Crippen LogP contribution < -0.4 is 10.5 Å². The fourth-order valence-corrected chi connectivity index (χ4v) is 2.36. The molecule has 1 aromatic heterocycles. The average Bonchev–Trinajstić information content (AvgIpc) is 2.40. The van der Waals surface area contributed by atoms with Gasteiger partial charge in [-0.15, -0.1) is 0 Å². The molecular formula is C14H16N2O2. The predicted molar refractivity (Wildman–Crippen MR) is 70.7 cm³/mol. The maximum absolute atomic E-state index is 6.23.